The van der Waals surface area contributed by atoms with Crippen LogP contribution in [0.1, 0.15) is 11.1 Å². The quantitative estimate of drug-likeness (QED) is 0.721. The van der Waals surface area contributed by atoms with Crippen LogP contribution in [-0.2, 0) is 6.61 Å². The Hall–Kier alpha value is -2.86. The number of nitriles is 1. The van der Waals surface area contributed by atoms with Crippen molar-refractivity contribution in [2.45, 2.75) is 6.61 Å². The van der Waals surface area contributed by atoms with E-state index in [1.807, 2.05) is 48.5 Å². The van der Waals surface area contributed by atoms with Crippen molar-refractivity contribution in [1.82, 2.24) is 4.98 Å². The van der Waals surface area contributed by atoms with Gasteiger partial charge in [0, 0.05) is 17.1 Å². The van der Waals surface area contributed by atoms with Gasteiger partial charge in [0.1, 0.15) is 12.4 Å². The lowest BCUT2D eigenvalue weighted by Crippen LogP contribution is -1.98. The van der Waals surface area contributed by atoms with Gasteiger partial charge in [0.05, 0.1) is 17.1 Å². The highest BCUT2D eigenvalue weighted by molar-refractivity contribution is 5.79. The first-order valence-corrected chi connectivity index (χ1v) is 6.32. The van der Waals surface area contributed by atoms with E-state index in [2.05, 4.69) is 11.1 Å². The number of hydrogen-bond donors (Lipinski definition) is 0. The SMILES string of the molecule is N#Cc1ccccc1COc1ccc2ncccc2c1. The summed E-state index contributed by atoms with van der Waals surface area (Å²) in [6.45, 7) is 0.384. The lowest BCUT2D eigenvalue weighted by Gasteiger charge is -2.08. The fourth-order valence-corrected chi connectivity index (χ4v) is 2.06. The highest BCUT2D eigenvalue weighted by Crippen LogP contribution is 2.20. The maximum Gasteiger partial charge on any atom is 0.120 e. The Kier molecular flexibility index (Phi) is 3.30. The number of fused-ring (bicyclic) bond motifs is 1. The molecule has 96 valence electrons. The van der Waals surface area contributed by atoms with Gasteiger partial charge < -0.3 is 4.74 Å². The molecule has 0 amide bonds. The van der Waals surface area contributed by atoms with E-state index < -0.39 is 0 Å². The van der Waals surface area contributed by atoms with Crippen LogP contribution in [0.25, 0.3) is 10.9 Å². The standard InChI is InChI=1S/C17H12N2O/c18-11-14-4-1-2-5-15(14)12-20-16-7-8-17-13(10-16)6-3-9-19-17/h1-10H,12H2. The van der Waals surface area contributed by atoms with Crippen LogP contribution in [0.2, 0.25) is 0 Å². The molecule has 3 aromatic rings. The molecule has 0 unspecified atom stereocenters. The second kappa shape index (κ2) is 5.41. The molecule has 0 N–H and O–H groups in total. The molecule has 1 aromatic heterocycles. The summed E-state index contributed by atoms with van der Waals surface area (Å²) in [7, 11) is 0. The van der Waals surface area contributed by atoms with Gasteiger partial charge in [0.2, 0.25) is 0 Å². The summed E-state index contributed by atoms with van der Waals surface area (Å²) < 4.78 is 5.76. The number of nitrogens with zero attached hydrogens (tertiary/aromatic N) is 2. The Labute approximate surface area is 117 Å². The molecular formula is C17H12N2O. The molecule has 3 heteroatoms. The molecule has 0 fully saturated rings. The molecule has 0 aliphatic carbocycles. The molecule has 0 atom stereocenters. The minimum atomic E-state index is 0.384. The lowest BCUT2D eigenvalue weighted by molar-refractivity contribution is 0.306. The summed E-state index contributed by atoms with van der Waals surface area (Å²) in [5.74, 6) is 0.776. The van der Waals surface area contributed by atoms with Gasteiger partial charge in [-0.2, -0.15) is 5.26 Å². The van der Waals surface area contributed by atoms with Gasteiger partial charge in [0.15, 0.2) is 0 Å². The van der Waals surface area contributed by atoms with E-state index >= 15 is 0 Å². The maximum absolute atomic E-state index is 9.04. The zero-order valence-corrected chi connectivity index (χ0v) is 10.8. The largest absolute Gasteiger partial charge is 0.489 e. The molecule has 20 heavy (non-hydrogen) atoms. The summed E-state index contributed by atoms with van der Waals surface area (Å²) in [4.78, 5) is 4.27. The van der Waals surface area contributed by atoms with E-state index in [0.29, 0.717) is 12.2 Å². The molecule has 0 aliphatic heterocycles. The Balaban J connectivity index is 1.82. The van der Waals surface area contributed by atoms with Crippen molar-refractivity contribution in [3.63, 3.8) is 0 Å². The van der Waals surface area contributed by atoms with E-state index in [4.69, 9.17) is 10.00 Å². The van der Waals surface area contributed by atoms with Crippen LogP contribution in [-0.4, -0.2) is 4.98 Å². The van der Waals surface area contributed by atoms with Crippen LogP contribution in [0.15, 0.2) is 60.8 Å². The predicted octanol–water partition coefficient (Wildman–Crippen LogP) is 3.69. The van der Waals surface area contributed by atoms with E-state index in [-0.39, 0.29) is 0 Å². The van der Waals surface area contributed by atoms with Crippen molar-refractivity contribution in [3.8, 4) is 11.8 Å². The molecule has 0 saturated heterocycles. The minimum absolute atomic E-state index is 0.384. The Morgan fingerprint density at radius 2 is 1.95 bits per heavy atom. The summed E-state index contributed by atoms with van der Waals surface area (Å²) in [5.41, 5.74) is 2.48. The van der Waals surface area contributed by atoms with Gasteiger partial charge in [-0.3, -0.25) is 4.98 Å². The van der Waals surface area contributed by atoms with Crippen LogP contribution < -0.4 is 4.74 Å². The third kappa shape index (κ3) is 2.45. The first-order chi connectivity index (χ1) is 9.86. The van der Waals surface area contributed by atoms with Crippen LogP contribution in [0.4, 0.5) is 0 Å². The topological polar surface area (TPSA) is 45.9 Å². The van der Waals surface area contributed by atoms with E-state index in [9.17, 15) is 0 Å². The normalized spacial score (nSPS) is 10.2. The first kappa shape index (κ1) is 12.2. The highest BCUT2D eigenvalue weighted by Gasteiger charge is 2.02. The molecule has 3 rings (SSSR count). The maximum atomic E-state index is 9.04. The van der Waals surface area contributed by atoms with Gasteiger partial charge in [0.25, 0.3) is 0 Å². The van der Waals surface area contributed by atoms with Crippen LogP contribution in [0.5, 0.6) is 5.75 Å². The Bertz CT molecular complexity index is 790. The van der Waals surface area contributed by atoms with Crippen molar-refractivity contribution >= 4 is 10.9 Å². The molecule has 0 spiro atoms. The number of rotatable bonds is 3. The zero-order valence-electron chi connectivity index (χ0n) is 10.8. The van der Waals surface area contributed by atoms with E-state index in [1.54, 1.807) is 12.3 Å². The lowest BCUT2D eigenvalue weighted by atomic mass is 10.1. The average molecular weight is 260 g/mol. The number of pyridine rings is 1. The Morgan fingerprint density at radius 1 is 1.05 bits per heavy atom. The van der Waals surface area contributed by atoms with E-state index in [1.165, 1.54) is 0 Å². The van der Waals surface area contributed by atoms with Crippen molar-refractivity contribution in [1.29, 1.82) is 5.26 Å². The highest BCUT2D eigenvalue weighted by atomic mass is 16.5. The van der Waals surface area contributed by atoms with Gasteiger partial charge in [-0.05, 0) is 30.3 Å². The molecule has 0 bridgehead atoms. The molecular weight excluding hydrogens is 248 g/mol. The van der Waals surface area contributed by atoms with Crippen molar-refractivity contribution in [3.05, 3.63) is 71.9 Å². The second-order valence-corrected chi connectivity index (χ2v) is 4.42. The van der Waals surface area contributed by atoms with Crippen LogP contribution in [0.3, 0.4) is 0 Å². The summed E-state index contributed by atoms with van der Waals surface area (Å²) in [5, 5.41) is 10.1. The number of hydrogen-bond acceptors (Lipinski definition) is 3. The van der Waals surface area contributed by atoms with Crippen molar-refractivity contribution in [2.75, 3.05) is 0 Å². The third-order valence-corrected chi connectivity index (χ3v) is 3.11. The molecule has 3 nitrogen and oxygen atoms in total. The Morgan fingerprint density at radius 3 is 2.85 bits per heavy atom. The second-order valence-electron chi connectivity index (χ2n) is 4.42. The number of ether oxygens (including phenoxy) is 1. The molecule has 0 radical (unpaired) electrons. The summed E-state index contributed by atoms with van der Waals surface area (Å²) in [6, 6.07) is 19.3. The first-order valence-electron chi connectivity index (χ1n) is 6.32. The number of benzene rings is 2. The van der Waals surface area contributed by atoms with Gasteiger partial charge >= 0.3 is 0 Å². The minimum Gasteiger partial charge on any atom is -0.489 e. The fraction of sp³-hybridized carbons (Fsp3) is 0.0588. The molecule has 2 aromatic carbocycles. The van der Waals surface area contributed by atoms with E-state index in [0.717, 1.165) is 22.2 Å². The monoisotopic (exact) mass is 260 g/mol. The van der Waals surface area contributed by atoms with Gasteiger partial charge in [-0.25, -0.2) is 0 Å². The summed E-state index contributed by atoms with van der Waals surface area (Å²) in [6.07, 6.45) is 1.77. The number of aromatic nitrogens is 1. The van der Waals surface area contributed by atoms with Gasteiger partial charge in [-0.15, -0.1) is 0 Å². The summed E-state index contributed by atoms with van der Waals surface area (Å²) >= 11 is 0. The molecule has 0 aliphatic rings. The fourth-order valence-electron chi connectivity index (χ4n) is 2.06. The predicted molar refractivity (Wildman–Crippen MR) is 77.2 cm³/mol. The van der Waals surface area contributed by atoms with Crippen LogP contribution in [0, 0.1) is 11.3 Å². The zero-order chi connectivity index (χ0) is 13.8. The van der Waals surface area contributed by atoms with Gasteiger partial charge in [-0.1, -0.05) is 24.3 Å². The van der Waals surface area contributed by atoms with Crippen LogP contribution >= 0.6 is 0 Å². The molecule has 1 heterocycles. The van der Waals surface area contributed by atoms with Crippen molar-refractivity contribution < 1.29 is 4.74 Å². The molecule has 0 saturated carbocycles. The average Bonchev–Trinajstić information content (AvgIpc) is 2.53. The van der Waals surface area contributed by atoms with Crippen molar-refractivity contribution in [2.24, 2.45) is 0 Å². The smallest absolute Gasteiger partial charge is 0.120 e. The third-order valence-electron chi connectivity index (χ3n) is 3.11.